The molecule has 0 atom stereocenters. The molecule has 6 heteroatoms. The number of imidazole rings is 1. The SMILES string of the molecule is Cc1cnc2n1N=C(c1ccc(N)cc1)c1cc(Cl)c(Cl)cc1C2. The monoisotopic (exact) mass is 356 g/mol. The summed E-state index contributed by atoms with van der Waals surface area (Å²) in [5, 5.41) is 5.88. The second-order valence-electron chi connectivity index (χ2n) is 5.80. The van der Waals surface area contributed by atoms with Gasteiger partial charge >= 0.3 is 0 Å². The largest absolute Gasteiger partial charge is 0.399 e. The Bertz CT molecular complexity index is 971. The Balaban J connectivity index is 2.01. The molecule has 0 saturated carbocycles. The van der Waals surface area contributed by atoms with Gasteiger partial charge in [0.15, 0.2) is 0 Å². The van der Waals surface area contributed by atoms with Gasteiger partial charge in [-0.2, -0.15) is 5.10 Å². The summed E-state index contributed by atoms with van der Waals surface area (Å²) in [6, 6.07) is 11.4. The topological polar surface area (TPSA) is 56.2 Å². The minimum absolute atomic E-state index is 0.509. The number of benzene rings is 2. The van der Waals surface area contributed by atoms with Crippen molar-refractivity contribution in [2.24, 2.45) is 5.10 Å². The number of aryl methyl sites for hydroxylation is 1. The summed E-state index contributed by atoms with van der Waals surface area (Å²) in [7, 11) is 0. The highest BCUT2D eigenvalue weighted by atomic mass is 35.5. The predicted octanol–water partition coefficient (Wildman–Crippen LogP) is 4.29. The van der Waals surface area contributed by atoms with Crippen molar-refractivity contribution in [3.05, 3.63) is 80.8 Å². The molecule has 2 heterocycles. The Hall–Kier alpha value is -2.30. The molecule has 0 saturated heterocycles. The first-order valence-corrected chi connectivity index (χ1v) is 8.25. The van der Waals surface area contributed by atoms with Gasteiger partial charge in [0.25, 0.3) is 0 Å². The molecular formula is C18H14Cl2N4. The highest BCUT2D eigenvalue weighted by Gasteiger charge is 2.21. The van der Waals surface area contributed by atoms with E-state index >= 15 is 0 Å². The minimum atomic E-state index is 0.509. The summed E-state index contributed by atoms with van der Waals surface area (Å²) in [5.74, 6) is 0.873. The summed E-state index contributed by atoms with van der Waals surface area (Å²) >= 11 is 12.5. The van der Waals surface area contributed by atoms with Crippen LogP contribution in [0.4, 0.5) is 5.69 Å². The van der Waals surface area contributed by atoms with Crippen molar-refractivity contribution in [3.8, 4) is 0 Å². The predicted molar refractivity (Wildman–Crippen MR) is 98.1 cm³/mol. The highest BCUT2D eigenvalue weighted by molar-refractivity contribution is 6.42. The maximum atomic E-state index is 6.26. The maximum Gasteiger partial charge on any atom is 0.134 e. The van der Waals surface area contributed by atoms with Crippen molar-refractivity contribution >= 4 is 34.6 Å². The van der Waals surface area contributed by atoms with Crippen LogP contribution < -0.4 is 5.73 Å². The first-order chi connectivity index (χ1) is 11.5. The molecule has 0 radical (unpaired) electrons. The van der Waals surface area contributed by atoms with E-state index in [9.17, 15) is 0 Å². The molecule has 24 heavy (non-hydrogen) atoms. The Morgan fingerprint density at radius 3 is 2.54 bits per heavy atom. The summed E-state index contributed by atoms with van der Waals surface area (Å²) in [4.78, 5) is 4.47. The Labute approximate surface area is 149 Å². The number of fused-ring (bicyclic) bond motifs is 2. The van der Waals surface area contributed by atoms with Crippen LogP contribution in [-0.4, -0.2) is 15.4 Å². The van der Waals surface area contributed by atoms with Crippen LogP contribution >= 0.6 is 23.2 Å². The lowest BCUT2D eigenvalue weighted by atomic mass is 9.96. The number of hydrogen-bond acceptors (Lipinski definition) is 3. The molecule has 4 nitrogen and oxygen atoms in total. The molecule has 0 fully saturated rings. The lowest BCUT2D eigenvalue weighted by molar-refractivity contribution is 0.781. The van der Waals surface area contributed by atoms with Crippen molar-refractivity contribution in [1.82, 2.24) is 9.66 Å². The Kier molecular flexibility index (Phi) is 3.59. The number of rotatable bonds is 1. The van der Waals surface area contributed by atoms with Gasteiger partial charge < -0.3 is 5.73 Å². The van der Waals surface area contributed by atoms with E-state index in [-0.39, 0.29) is 0 Å². The fourth-order valence-electron chi connectivity index (χ4n) is 2.87. The second-order valence-corrected chi connectivity index (χ2v) is 6.61. The van der Waals surface area contributed by atoms with Crippen LogP contribution in [-0.2, 0) is 6.42 Å². The van der Waals surface area contributed by atoms with Crippen molar-refractivity contribution < 1.29 is 0 Å². The van der Waals surface area contributed by atoms with Crippen LogP contribution in [0.1, 0.15) is 28.2 Å². The van der Waals surface area contributed by atoms with E-state index in [4.69, 9.17) is 34.0 Å². The third-order valence-corrected chi connectivity index (χ3v) is 4.84. The smallest absolute Gasteiger partial charge is 0.134 e. The molecule has 3 aromatic rings. The molecule has 2 aromatic carbocycles. The molecule has 1 aliphatic rings. The van der Waals surface area contributed by atoms with Gasteiger partial charge in [-0.1, -0.05) is 35.3 Å². The van der Waals surface area contributed by atoms with Gasteiger partial charge in [0.05, 0.1) is 27.6 Å². The number of nitrogen functional groups attached to an aromatic ring is 1. The van der Waals surface area contributed by atoms with Crippen molar-refractivity contribution in [1.29, 1.82) is 0 Å². The van der Waals surface area contributed by atoms with Gasteiger partial charge in [-0.25, -0.2) is 9.66 Å². The second kappa shape index (κ2) is 5.65. The van der Waals surface area contributed by atoms with E-state index < -0.39 is 0 Å². The maximum absolute atomic E-state index is 6.26. The fourth-order valence-corrected chi connectivity index (χ4v) is 3.22. The zero-order valence-corrected chi connectivity index (χ0v) is 14.4. The van der Waals surface area contributed by atoms with Gasteiger partial charge in [-0.3, -0.25) is 0 Å². The van der Waals surface area contributed by atoms with E-state index in [0.717, 1.165) is 33.9 Å². The van der Waals surface area contributed by atoms with Crippen LogP contribution in [0.2, 0.25) is 10.0 Å². The normalized spacial score (nSPS) is 13.0. The molecular weight excluding hydrogens is 343 g/mol. The first-order valence-electron chi connectivity index (χ1n) is 7.49. The lowest BCUT2D eigenvalue weighted by Gasteiger charge is -2.11. The number of aromatic nitrogens is 2. The van der Waals surface area contributed by atoms with Crippen molar-refractivity contribution in [2.45, 2.75) is 13.3 Å². The van der Waals surface area contributed by atoms with E-state index in [1.807, 2.05) is 54.2 Å². The zero-order chi connectivity index (χ0) is 16.8. The van der Waals surface area contributed by atoms with E-state index in [2.05, 4.69) is 4.98 Å². The highest BCUT2D eigenvalue weighted by Crippen LogP contribution is 2.31. The molecule has 0 aliphatic carbocycles. The number of halogens is 2. The molecule has 0 unspecified atom stereocenters. The van der Waals surface area contributed by atoms with Gasteiger partial charge in [-0.05, 0) is 36.8 Å². The standard InChI is InChI=1S/C18H14Cl2N4/c1-10-9-22-17-7-12-6-15(19)16(20)8-14(12)18(23-24(10)17)11-2-4-13(21)5-3-11/h2-6,8-9H,7,21H2,1H3. The number of hydrogen-bond donors (Lipinski definition) is 1. The van der Waals surface area contributed by atoms with Crippen LogP contribution in [0.15, 0.2) is 47.7 Å². The molecule has 0 bridgehead atoms. The van der Waals surface area contributed by atoms with E-state index in [0.29, 0.717) is 22.2 Å². The fraction of sp³-hybridized carbons (Fsp3) is 0.111. The van der Waals surface area contributed by atoms with Crippen molar-refractivity contribution in [2.75, 3.05) is 5.73 Å². The third-order valence-electron chi connectivity index (χ3n) is 4.11. The summed E-state index contributed by atoms with van der Waals surface area (Å²) in [6.07, 6.45) is 2.46. The average Bonchev–Trinajstić information content (AvgIpc) is 2.81. The number of nitrogens with zero attached hydrogens (tertiary/aromatic N) is 3. The van der Waals surface area contributed by atoms with Crippen molar-refractivity contribution in [3.63, 3.8) is 0 Å². The molecule has 1 aromatic heterocycles. The molecule has 120 valence electrons. The molecule has 0 spiro atoms. The van der Waals surface area contributed by atoms with Gasteiger partial charge in [0.2, 0.25) is 0 Å². The molecule has 0 amide bonds. The summed E-state index contributed by atoms with van der Waals surface area (Å²) in [5.41, 5.74) is 11.3. The minimum Gasteiger partial charge on any atom is -0.399 e. The van der Waals surface area contributed by atoms with Crippen LogP contribution in [0.5, 0.6) is 0 Å². The quantitative estimate of drug-likeness (QED) is 0.517. The third kappa shape index (κ3) is 2.48. The Morgan fingerprint density at radius 2 is 1.79 bits per heavy atom. The molecule has 4 rings (SSSR count). The first kappa shape index (κ1) is 15.2. The zero-order valence-electron chi connectivity index (χ0n) is 12.9. The van der Waals surface area contributed by atoms with Gasteiger partial charge in [-0.15, -0.1) is 0 Å². The van der Waals surface area contributed by atoms with Crippen LogP contribution in [0.25, 0.3) is 0 Å². The summed E-state index contributed by atoms with van der Waals surface area (Å²) in [6.45, 7) is 1.98. The Morgan fingerprint density at radius 1 is 1.08 bits per heavy atom. The molecule has 1 aliphatic heterocycles. The van der Waals surface area contributed by atoms with Gasteiger partial charge in [0.1, 0.15) is 5.82 Å². The van der Waals surface area contributed by atoms with Gasteiger partial charge in [0, 0.05) is 23.2 Å². The van der Waals surface area contributed by atoms with E-state index in [1.54, 1.807) is 0 Å². The summed E-state index contributed by atoms with van der Waals surface area (Å²) < 4.78 is 1.87. The van der Waals surface area contributed by atoms with Crippen LogP contribution in [0, 0.1) is 6.92 Å². The van der Waals surface area contributed by atoms with E-state index in [1.165, 1.54) is 0 Å². The molecule has 2 N–H and O–H groups in total. The average molecular weight is 357 g/mol. The number of nitrogens with two attached hydrogens (primary N) is 1. The number of anilines is 1. The lowest BCUT2D eigenvalue weighted by Crippen LogP contribution is -2.07. The van der Waals surface area contributed by atoms with Crippen LogP contribution in [0.3, 0.4) is 0 Å².